The molecule has 1 heterocycles. The van der Waals surface area contributed by atoms with E-state index in [1.807, 2.05) is 0 Å². The lowest BCUT2D eigenvalue weighted by Gasteiger charge is -2.39. The number of nitrogens with zero attached hydrogens (tertiary/aromatic N) is 1. The number of nitriles is 1. The van der Waals surface area contributed by atoms with Crippen LogP contribution >= 0.6 is 0 Å². The topological polar surface area (TPSA) is 45.0 Å². The third kappa shape index (κ3) is 3.77. The second-order valence-electron chi connectivity index (χ2n) is 4.98. The number of hydrogen-bond acceptors (Lipinski definition) is 3. The van der Waals surface area contributed by atoms with Crippen LogP contribution in [0, 0.1) is 11.3 Å². The molecule has 0 aromatic rings. The zero-order valence-corrected chi connectivity index (χ0v) is 10.8. The summed E-state index contributed by atoms with van der Waals surface area (Å²) in [6, 6.07) is 3.10. The Bertz CT molecular complexity index is 249. The van der Waals surface area contributed by atoms with Gasteiger partial charge in [-0.15, -0.1) is 0 Å². The third-order valence-electron chi connectivity index (χ3n) is 3.64. The van der Waals surface area contributed by atoms with Gasteiger partial charge in [0.2, 0.25) is 0 Å². The standard InChI is InChI=1S/C13H24N2O/c1-4-11(6-8-14)15-12-7-9-16-13(3,5-2)10-12/h11-12,15H,4-7,9-10H2,1-3H3. The van der Waals surface area contributed by atoms with Crippen molar-refractivity contribution in [3.8, 4) is 6.07 Å². The van der Waals surface area contributed by atoms with Crippen LogP contribution in [0.5, 0.6) is 0 Å². The molecular weight excluding hydrogens is 200 g/mol. The first kappa shape index (κ1) is 13.5. The minimum atomic E-state index is 0.0286. The number of nitrogens with one attached hydrogen (secondary N) is 1. The Morgan fingerprint density at radius 2 is 2.31 bits per heavy atom. The van der Waals surface area contributed by atoms with Crippen molar-refractivity contribution in [2.75, 3.05) is 6.61 Å². The summed E-state index contributed by atoms with van der Waals surface area (Å²) in [7, 11) is 0. The SMILES string of the molecule is CCC(CC#N)NC1CCOC(C)(CC)C1. The Balaban J connectivity index is 2.45. The fraction of sp³-hybridized carbons (Fsp3) is 0.923. The van der Waals surface area contributed by atoms with Crippen LogP contribution in [-0.4, -0.2) is 24.3 Å². The van der Waals surface area contributed by atoms with E-state index in [1.165, 1.54) is 0 Å². The molecule has 1 rings (SSSR count). The van der Waals surface area contributed by atoms with Gasteiger partial charge >= 0.3 is 0 Å². The first-order valence-corrected chi connectivity index (χ1v) is 6.40. The van der Waals surface area contributed by atoms with E-state index in [1.54, 1.807) is 0 Å². The van der Waals surface area contributed by atoms with Gasteiger partial charge in [0.15, 0.2) is 0 Å². The Kier molecular flexibility index (Phi) is 5.24. The smallest absolute Gasteiger partial charge is 0.0666 e. The van der Waals surface area contributed by atoms with Crippen LogP contribution in [0.1, 0.15) is 52.9 Å². The molecule has 16 heavy (non-hydrogen) atoms. The summed E-state index contributed by atoms with van der Waals surface area (Å²) >= 11 is 0. The molecule has 3 atom stereocenters. The van der Waals surface area contributed by atoms with Crippen molar-refractivity contribution in [2.24, 2.45) is 0 Å². The molecule has 0 radical (unpaired) electrons. The van der Waals surface area contributed by atoms with Crippen LogP contribution in [0.15, 0.2) is 0 Å². The normalized spacial score (nSPS) is 32.0. The Labute approximate surface area is 99.2 Å². The highest BCUT2D eigenvalue weighted by atomic mass is 16.5. The minimum absolute atomic E-state index is 0.0286. The molecule has 0 spiro atoms. The lowest BCUT2D eigenvalue weighted by Crippen LogP contribution is -2.48. The second kappa shape index (κ2) is 6.22. The highest BCUT2D eigenvalue weighted by Crippen LogP contribution is 2.28. The Morgan fingerprint density at radius 3 is 2.88 bits per heavy atom. The number of rotatable bonds is 5. The van der Waals surface area contributed by atoms with Gasteiger partial charge in [0.05, 0.1) is 18.1 Å². The number of hydrogen-bond donors (Lipinski definition) is 1. The van der Waals surface area contributed by atoms with Crippen molar-refractivity contribution in [1.29, 1.82) is 5.26 Å². The molecule has 3 unspecified atom stereocenters. The molecule has 1 aliphatic heterocycles. The molecule has 3 heteroatoms. The molecule has 1 N–H and O–H groups in total. The van der Waals surface area contributed by atoms with E-state index in [9.17, 15) is 0 Å². The molecular formula is C13H24N2O. The largest absolute Gasteiger partial charge is 0.375 e. The maximum atomic E-state index is 8.73. The molecule has 0 bridgehead atoms. The summed E-state index contributed by atoms with van der Waals surface area (Å²) in [6.45, 7) is 7.33. The van der Waals surface area contributed by atoms with Gasteiger partial charge in [0, 0.05) is 18.7 Å². The van der Waals surface area contributed by atoms with E-state index >= 15 is 0 Å². The quantitative estimate of drug-likeness (QED) is 0.780. The van der Waals surface area contributed by atoms with E-state index in [2.05, 4.69) is 32.2 Å². The third-order valence-corrected chi connectivity index (χ3v) is 3.64. The van der Waals surface area contributed by atoms with Crippen molar-refractivity contribution < 1.29 is 4.74 Å². The van der Waals surface area contributed by atoms with Crippen molar-refractivity contribution in [3.63, 3.8) is 0 Å². The zero-order chi connectivity index (χ0) is 12.0. The van der Waals surface area contributed by atoms with Gasteiger partial charge in [0.25, 0.3) is 0 Å². The van der Waals surface area contributed by atoms with Crippen molar-refractivity contribution in [1.82, 2.24) is 5.32 Å². The van der Waals surface area contributed by atoms with E-state index in [-0.39, 0.29) is 5.60 Å². The summed E-state index contributed by atoms with van der Waals surface area (Å²) in [5.74, 6) is 0. The molecule has 92 valence electrons. The highest BCUT2D eigenvalue weighted by Gasteiger charge is 2.32. The average molecular weight is 224 g/mol. The maximum Gasteiger partial charge on any atom is 0.0666 e. The first-order chi connectivity index (χ1) is 7.63. The summed E-state index contributed by atoms with van der Waals surface area (Å²) in [5.41, 5.74) is 0.0286. The second-order valence-corrected chi connectivity index (χ2v) is 4.98. The van der Waals surface area contributed by atoms with Crippen LogP contribution < -0.4 is 5.32 Å². The molecule has 1 saturated heterocycles. The maximum absolute atomic E-state index is 8.73. The van der Waals surface area contributed by atoms with Crippen molar-refractivity contribution in [3.05, 3.63) is 0 Å². The molecule has 0 aromatic carbocycles. The summed E-state index contributed by atoms with van der Waals surface area (Å²) < 4.78 is 5.82. The summed E-state index contributed by atoms with van der Waals surface area (Å²) in [4.78, 5) is 0. The Hall–Kier alpha value is -0.590. The molecule has 3 nitrogen and oxygen atoms in total. The van der Waals surface area contributed by atoms with Gasteiger partial charge < -0.3 is 10.1 Å². The molecule has 0 aliphatic carbocycles. The van der Waals surface area contributed by atoms with Gasteiger partial charge in [-0.1, -0.05) is 13.8 Å². The molecule has 1 aliphatic rings. The van der Waals surface area contributed by atoms with Crippen molar-refractivity contribution in [2.45, 2.75) is 70.6 Å². The van der Waals surface area contributed by atoms with Gasteiger partial charge in [-0.25, -0.2) is 0 Å². The summed E-state index contributed by atoms with van der Waals surface area (Å²) in [5, 5.41) is 12.3. The lowest BCUT2D eigenvalue weighted by atomic mass is 9.89. The first-order valence-electron chi connectivity index (χ1n) is 6.40. The van der Waals surface area contributed by atoms with Crippen LogP contribution in [0.3, 0.4) is 0 Å². The Morgan fingerprint density at radius 1 is 1.56 bits per heavy atom. The predicted octanol–water partition coefficient (Wildman–Crippen LogP) is 2.62. The van der Waals surface area contributed by atoms with Gasteiger partial charge in [-0.2, -0.15) is 5.26 Å². The fourth-order valence-corrected chi connectivity index (χ4v) is 2.28. The van der Waals surface area contributed by atoms with Gasteiger partial charge in [-0.05, 0) is 32.6 Å². The molecule has 0 amide bonds. The minimum Gasteiger partial charge on any atom is -0.375 e. The van der Waals surface area contributed by atoms with Crippen LogP contribution in [0.25, 0.3) is 0 Å². The van der Waals surface area contributed by atoms with E-state index in [0.29, 0.717) is 18.5 Å². The highest BCUT2D eigenvalue weighted by molar-refractivity contribution is 4.89. The average Bonchev–Trinajstić information content (AvgIpc) is 2.29. The van der Waals surface area contributed by atoms with E-state index in [0.717, 1.165) is 32.3 Å². The summed E-state index contributed by atoms with van der Waals surface area (Å²) in [6.07, 6.45) is 4.81. The van der Waals surface area contributed by atoms with Crippen LogP contribution in [0.4, 0.5) is 0 Å². The van der Waals surface area contributed by atoms with E-state index in [4.69, 9.17) is 10.00 Å². The van der Waals surface area contributed by atoms with Crippen molar-refractivity contribution >= 4 is 0 Å². The molecule has 1 fully saturated rings. The van der Waals surface area contributed by atoms with Crippen LogP contribution in [0.2, 0.25) is 0 Å². The van der Waals surface area contributed by atoms with Crippen LogP contribution in [-0.2, 0) is 4.74 Å². The van der Waals surface area contributed by atoms with Gasteiger partial charge in [0.1, 0.15) is 0 Å². The zero-order valence-electron chi connectivity index (χ0n) is 10.8. The predicted molar refractivity (Wildman–Crippen MR) is 65.1 cm³/mol. The molecule has 0 saturated carbocycles. The molecule has 0 aromatic heterocycles. The monoisotopic (exact) mass is 224 g/mol. The fourth-order valence-electron chi connectivity index (χ4n) is 2.28. The number of ether oxygens (including phenoxy) is 1. The lowest BCUT2D eigenvalue weighted by molar-refractivity contribution is -0.0790. The van der Waals surface area contributed by atoms with E-state index < -0.39 is 0 Å². The van der Waals surface area contributed by atoms with Gasteiger partial charge in [-0.3, -0.25) is 0 Å².